The van der Waals surface area contributed by atoms with Gasteiger partial charge in [-0.15, -0.1) is 24.0 Å². The molecule has 1 N–H and O–H groups in total. The van der Waals surface area contributed by atoms with Gasteiger partial charge in [-0.05, 0) is 5.56 Å². The lowest BCUT2D eigenvalue weighted by Crippen LogP contribution is -2.34. The Morgan fingerprint density at radius 1 is 1.19 bits per heavy atom. The zero-order chi connectivity index (χ0) is 13.8. The number of hydrogen-bond acceptors (Lipinski definition) is 4. The van der Waals surface area contributed by atoms with Crippen LogP contribution in [0.25, 0.3) is 0 Å². The van der Waals surface area contributed by atoms with E-state index in [1.165, 1.54) is 11.1 Å². The molecule has 0 amide bonds. The number of hydrogen-bond donors (Lipinski definition) is 1. The van der Waals surface area contributed by atoms with Gasteiger partial charge >= 0.3 is 0 Å². The van der Waals surface area contributed by atoms with Crippen LogP contribution < -0.4 is 5.32 Å². The van der Waals surface area contributed by atoms with Crippen LogP contribution in [-0.4, -0.2) is 40.8 Å². The topological polar surface area (TPSA) is 45.4 Å². The van der Waals surface area contributed by atoms with Crippen LogP contribution in [0, 0.1) is 0 Å². The second-order valence-corrected chi connectivity index (χ2v) is 5.01. The molecule has 5 nitrogen and oxygen atoms in total. The Morgan fingerprint density at radius 3 is 2.71 bits per heavy atom. The predicted octanol–water partition coefficient (Wildman–Crippen LogP) is 1.94. The van der Waals surface area contributed by atoms with Crippen molar-refractivity contribution in [1.82, 2.24) is 20.0 Å². The van der Waals surface area contributed by atoms with Gasteiger partial charge in [0.05, 0.1) is 19.3 Å². The monoisotopic (exact) mass is 397 g/mol. The maximum absolute atomic E-state index is 4.41. The number of halogens is 1. The molecular formula is C15H20IN5. The lowest BCUT2D eigenvalue weighted by Gasteiger charge is -2.14. The third-order valence-electron chi connectivity index (χ3n) is 3.38. The Balaban J connectivity index is 0.00000161. The average Bonchev–Trinajstić information content (AvgIpc) is 3.07. The summed E-state index contributed by atoms with van der Waals surface area (Å²) >= 11 is 0. The Morgan fingerprint density at radius 2 is 2.00 bits per heavy atom. The first kappa shape index (κ1) is 15.8. The molecule has 6 heteroatoms. The molecule has 0 saturated carbocycles. The number of likely N-dealkylation sites (N-methyl/N-ethyl adjacent to an activating group) is 1. The van der Waals surface area contributed by atoms with Crippen LogP contribution in [0.5, 0.6) is 0 Å². The fourth-order valence-corrected chi connectivity index (χ4v) is 2.26. The van der Waals surface area contributed by atoms with Crippen LogP contribution in [-0.2, 0) is 13.1 Å². The standard InChI is InChI=1S/C15H19N5.HI/c1-19-8-7-16-15(19)17-9-14-10-18-20(12-14)11-13-5-3-2-4-6-13;/h2-6,10,12H,7-9,11H2,1H3,(H,16,17);1H. The molecule has 0 atom stereocenters. The fourth-order valence-electron chi connectivity index (χ4n) is 2.26. The van der Waals surface area contributed by atoms with E-state index in [-0.39, 0.29) is 24.0 Å². The zero-order valence-electron chi connectivity index (χ0n) is 12.1. The van der Waals surface area contributed by atoms with Crippen LogP contribution >= 0.6 is 24.0 Å². The number of aromatic nitrogens is 2. The molecule has 0 bridgehead atoms. The second kappa shape index (κ2) is 7.44. The molecule has 21 heavy (non-hydrogen) atoms. The molecule has 1 aromatic carbocycles. The van der Waals surface area contributed by atoms with E-state index in [1.54, 1.807) is 0 Å². The molecule has 112 valence electrons. The van der Waals surface area contributed by atoms with E-state index in [0.717, 1.165) is 32.1 Å². The number of nitrogens with zero attached hydrogens (tertiary/aromatic N) is 4. The summed E-state index contributed by atoms with van der Waals surface area (Å²) in [6, 6.07) is 10.4. The maximum Gasteiger partial charge on any atom is 0.194 e. The summed E-state index contributed by atoms with van der Waals surface area (Å²) in [4.78, 5) is 6.54. The van der Waals surface area contributed by atoms with Crippen molar-refractivity contribution in [2.45, 2.75) is 13.1 Å². The minimum atomic E-state index is 0. The van der Waals surface area contributed by atoms with Crippen LogP contribution in [0.3, 0.4) is 0 Å². The largest absolute Gasteiger partial charge is 0.352 e. The molecule has 1 aliphatic heterocycles. The van der Waals surface area contributed by atoms with Crippen LogP contribution in [0.2, 0.25) is 0 Å². The summed E-state index contributed by atoms with van der Waals surface area (Å²) in [5.74, 6) is 0.973. The SMILES string of the molecule is CN1CCN=C1NCc1cnn(Cc2ccccc2)c1.I. The normalized spacial score (nSPS) is 13.8. The Kier molecular flexibility index (Phi) is 5.60. The molecule has 0 fully saturated rings. The van der Waals surface area contributed by atoms with Crippen LogP contribution in [0.1, 0.15) is 11.1 Å². The number of aliphatic imine (C=N–C) groups is 1. The van der Waals surface area contributed by atoms with Gasteiger partial charge in [-0.2, -0.15) is 5.10 Å². The quantitative estimate of drug-likeness (QED) is 0.803. The third-order valence-corrected chi connectivity index (χ3v) is 3.38. The van der Waals surface area contributed by atoms with Crippen molar-refractivity contribution in [1.29, 1.82) is 0 Å². The Hall–Kier alpha value is -1.57. The van der Waals surface area contributed by atoms with Gasteiger partial charge in [-0.3, -0.25) is 9.67 Å². The van der Waals surface area contributed by atoms with Gasteiger partial charge in [-0.25, -0.2) is 0 Å². The highest BCUT2D eigenvalue weighted by Crippen LogP contribution is 2.04. The van der Waals surface area contributed by atoms with E-state index < -0.39 is 0 Å². The molecule has 2 aromatic rings. The summed E-state index contributed by atoms with van der Waals surface area (Å²) < 4.78 is 1.96. The Bertz CT molecular complexity index is 593. The summed E-state index contributed by atoms with van der Waals surface area (Å²) in [5, 5.41) is 7.75. The van der Waals surface area contributed by atoms with Crippen molar-refractivity contribution in [3.05, 3.63) is 53.9 Å². The molecule has 0 aliphatic carbocycles. The lowest BCUT2D eigenvalue weighted by atomic mass is 10.2. The van der Waals surface area contributed by atoms with Crippen molar-refractivity contribution in [3.63, 3.8) is 0 Å². The number of guanidine groups is 1. The molecule has 1 aromatic heterocycles. The van der Waals surface area contributed by atoms with Crippen molar-refractivity contribution < 1.29 is 0 Å². The van der Waals surface area contributed by atoms with E-state index in [9.17, 15) is 0 Å². The molecule has 3 rings (SSSR count). The highest BCUT2D eigenvalue weighted by molar-refractivity contribution is 14.0. The van der Waals surface area contributed by atoms with Gasteiger partial charge in [0.2, 0.25) is 0 Å². The maximum atomic E-state index is 4.41. The average molecular weight is 397 g/mol. The number of nitrogens with one attached hydrogen (secondary N) is 1. The van der Waals surface area contributed by atoms with Crippen molar-refractivity contribution in [2.24, 2.45) is 4.99 Å². The summed E-state index contributed by atoms with van der Waals surface area (Å²) in [6.45, 7) is 3.45. The third kappa shape index (κ3) is 4.20. The van der Waals surface area contributed by atoms with Gasteiger partial charge in [0, 0.05) is 31.9 Å². The van der Waals surface area contributed by atoms with Gasteiger partial charge in [0.1, 0.15) is 0 Å². The van der Waals surface area contributed by atoms with Gasteiger partial charge in [0.25, 0.3) is 0 Å². The van der Waals surface area contributed by atoms with E-state index in [0.29, 0.717) is 0 Å². The minimum Gasteiger partial charge on any atom is -0.352 e. The van der Waals surface area contributed by atoms with Crippen LogP contribution in [0.4, 0.5) is 0 Å². The summed E-state index contributed by atoms with van der Waals surface area (Å²) in [7, 11) is 2.05. The molecule has 2 heterocycles. The lowest BCUT2D eigenvalue weighted by molar-refractivity contribution is 0.534. The highest BCUT2D eigenvalue weighted by atomic mass is 127. The van der Waals surface area contributed by atoms with Crippen molar-refractivity contribution in [3.8, 4) is 0 Å². The molecule has 0 unspecified atom stereocenters. The first-order valence-corrected chi connectivity index (χ1v) is 6.86. The first-order chi connectivity index (χ1) is 9.81. The second-order valence-electron chi connectivity index (χ2n) is 5.01. The fraction of sp³-hybridized carbons (Fsp3) is 0.333. The van der Waals surface area contributed by atoms with E-state index in [2.05, 4.69) is 57.8 Å². The van der Waals surface area contributed by atoms with Gasteiger partial charge in [-0.1, -0.05) is 30.3 Å². The molecule has 0 spiro atoms. The molecule has 0 radical (unpaired) electrons. The van der Waals surface area contributed by atoms with E-state index in [1.807, 2.05) is 16.9 Å². The number of benzene rings is 1. The minimum absolute atomic E-state index is 0. The first-order valence-electron chi connectivity index (χ1n) is 6.86. The Labute approximate surface area is 142 Å². The number of rotatable bonds is 4. The van der Waals surface area contributed by atoms with E-state index >= 15 is 0 Å². The zero-order valence-corrected chi connectivity index (χ0v) is 14.4. The van der Waals surface area contributed by atoms with Crippen LogP contribution in [0.15, 0.2) is 47.7 Å². The van der Waals surface area contributed by atoms with Gasteiger partial charge < -0.3 is 10.2 Å². The molecule has 0 saturated heterocycles. The smallest absolute Gasteiger partial charge is 0.194 e. The van der Waals surface area contributed by atoms with E-state index in [4.69, 9.17) is 0 Å². The summed E-state index contributed by atoms with van der Waals surface area (Å²) in [6.07, 6.45) is 3.99. The van der Waals surface area contributed by atoms with Crippen molar-refractivity contribution >= 4 is 29.9 Å². The molecule has 1 aliphatic rings. The van der Waals surface area contributed by atoms with Gasteiger partial charge in [0.15, 0.2) is 5.96 Å². The summed E-state index contributed by atoms with van der Waals surface area (Å²) in [5.41, 5.74) is 2.43. The highest BCUT2D eigenvalue weighted by Gasteiger charge is 2.11. The van der Waals surface area contributed by atoms with Crippen molar-refractivity contribution in [2.75, 3.05) is 20.1 Å². The predicted molar refractivity (Wildman–Crippen MR) is 95.0 cm³/mol. The molecular weight excluding hydrogens is 377 g/mol.